The van der Waals surface area contributed by atoms with Crippen LogP contribution in [-0.2, 0) is 4.79 Å². The number of imide groups is 1. The number of hydrogen-bond donors (Lipinski definition) is 1. The lowest BCUT2D eigenvalue weighted by Gasteiger charge is -2.16. The number of urea groups is 1. The van der Waals surface area contributed by atoms with Crippen LogP contribution in [0.15, 0.2) is 41.8 Å². The summed E-state index contributed by atoms with van der Waals surface area (Å²) >= 11 is 1.30. The summed E-state index contributed by atoms with van der Waals surface area (Å²) in [5, 5.41) is 11.3. The fourth-order valence-corrected chi connectivity index (χ4v) is 2.86. The molecule has 7 heteroatoms. The zero-order valence-electron chi connectivity index (χ0n) is 10.7. The fraction of sp³-hybridized carbons (Fsp3) is 0.0714. The first-order chi connectivity index (χ1) is 10.1. The Morgan fingerprint density at radius 2 is 2.00 bits per heavy atom. The van der Waals surface area contributed by atoms with Crippen molar-refractivity contribution < 1.29 is 19.5 Å². The van der Waals surface area contributed by atoms with Crippen molar-refractivity contribution in [2.24, 2.45) is 0 Å². The summed E-state index contributed by atoms with van der Waals surface area (Å²) in [4.78, 5) is 37.8. The van der Waals surface area contributed by atoms with E-state index in [1.165, 1.54) is 28.4 Å². The van der Waals surface area contributed by atoms with Crippen molar-refractivity contribution >= 4 is 39.9 Å². The van der Waals surface area contributed by atoms with Gasteiger partial charge in [0.15, 0.2) is 0 Å². The molecule has 2 heterocycles. The number of carbonyl (C=O) groups is 3. The van der Waals surface area contributed by atoms with E-state index in [1.807, 2.05) is 0 Å². The van der Waals surface area contributed by atoms with Gasteiger partial charge < -0.3 is 5.11 Å². The van der Waals surface area contributed by atoms with E-state index in [9.17, 15) is 14.4 Å². The minimum absolute atomic E-state index is 0.0716. The molecule has 0 saturated carbocycles. The maximum absolute atomic E-state index is 12.4. The molecular weight excluding hydrogens is 292 g/mol. The quantitative estimate of drug-likeness (QED) is 0.883. The van der Waals surface area contributed by atoms with Gasteiger partial charge in [-0.25, -0.2) is 14.5 Å². The van der Waals surface area contributed by atoms with E-state index in [1.54, 1.807) is 29.6 Å². The molecule has 1 saturated heterocycles. The molecule has 1 aliphatic rings. The lowest BCUT2D eigenvalue weighted by atomic mass is 10.2. The van der Waals surface area contributed by atoms with Crippen LogP contribution in [0.1, 0.15) is 10.4 Å². The van der Waals surface area contributed by atoms with E-state index in [-0.39, 0.29) is 18.0 Å². The molecule has 1 aromatic carbocycles. The van der Waals surface area contributed by atoms with Gasteiger partial charge in [-0.05, 0) is 35.7 Å². The average Bonchev–Trinajstić information content (AvgIpc) is 3.07. The number of thiophene rings is 1. The molecule has 0 atom stereocenters. The average molecular weight is 302 g/mol. The Bertz CT molecular complexity index is 726. The minimum Gasteiger partial charge on any atom is -0.478 e. The van der Waals surface area contributed by atoms with Crippen LogP contribution in [0, 0.1) is 0 Å². The van der Waals surface area contributed by atoms with Gasteiger partial charge in [-0.15, -0.1) is 11.3 Å². The highest BCUT2D eigenvalue weighted by Crippen LogP contribution is 2.29. The van der Waals surface area contributed by atoms with Crippen molar-refractivity contribution in [2.45, 2.75) is 0 Å². The van der Waals surface area contributed by atoms with Gasteiger partial charge >= 0.3 is 12.0 Å². The monoisotopic (exact) mass is 302 g/mol. The van der Waals surface area contributed by atoms with Gasteiger partial charge in [0.05, 0.1) is 5.56 Å². The third-order valence-corrected chi connectivity index (χ3v) is 3.95. The summed E-state index contributed by atoms with van der Waals surface area (Å²) in [6, 6.07) is 8.95. The molecule has 1 aliphatic heterocycles. The van der Waals surface area contributed by atoms with Gasteiger partial charge in [0.25, 0.3) is 5.91 Å². The largest absolute Gasteiger partial charge is 0.478 e. The van der Waals surface area contributed by atoms with Crippen LogP contribution in [0.4, 0.5) is 15.5 Å². The number of carboxylic acid groups (broad SMARTS) is 1. The molecule has 0 spiro atoms. The smallest absolute Gasteiger partial charge is 0.337 e. The van der Waals surface area contributed by atoms with Crippen LogP contribution in [-0.4, -0.2) is 29.6 Å². The molecule has 0 aliphatic carbocycles. The highest BCUT2D eigenvalue weighted by atomic mass is 32.1. The molecule has 106 valence electrons. The van der Waals surface area contributed by atoms with Gasteiger partial charge in [-0.1, -0.05) is 6.07 Å². The molecule has 0 unspecified atom stereocenters. The van der Waals surface area contributed by atoms with Crippen molar-refractivity contribution in [3.05, 3.63) is 47.3 Å². The Balaban J connectivity index is 1.94. The zero-order valence-corrected chi connectivity index (χ0v) is 11.5. The summed E-state index contributed by atoms with van der Waals surface area (Å²) in [5.41, 5.74) is 0.467. The number of benzene rings is 1. The third-order valence-electron chi connectivity index (χ3n) is 3.10. The Morgan fingerprint density at radius 3 is 2.67 bits per heavy atom. The molecular formula is C14H10N2O4S. The first-order valence-electron chi connectivity index (χ1n) is 6.09. The van der Waals surface area contributed by atoms with Crippen molar-refractivity contribution in [1.29, 1.82) is 0 Å². The fourth-order valence-electron chi connectivity index (χ4n) is 2.12. The molecule has 1 N–H and O–H groups in total. The molecule has 6 nitrogen and oxygen atoms in total. The maximum atomic E-state index is 12.4. The Labute approximate surface area is 123 Å². The van der Waals surface area contributed by atoms with Crippen LogP contribution in [0.2, 0.25) is 0 Å². The van der Waals surface area contributed by atoms with Gasteiger partial charge in [0.1, 0.15) is 11.5 Å². The standard InChI is InChI=1S/C14H10N2O4S/c17-11-8-15(10-4-1-3-9(7-10)13(18)19)14(20)16(11)12-5-2-6-21-12/h1-7H,8H2,(H,18,19). The van der Waals surface area contributed by atoms with Crippen molar-refractivity contribution in [1.82, 2.24) is 0 Å². The van der Waals surface area contributed by atoms with E-state index in [2.05, 4.69) is 0 Å². The predicted molar refractivity (Wildman–Crippen MR) is 77.9 cm³/mol. The SMILES string of the molecule is O=C(O)c1cccc(N2CC(=O)N(c3cccs3)C2=O)c1. The van der Waals surface area contributed by atoms with Gasteiger partial charge in [0.2, 0.25) is 0 Å². The number of nitrogens with zero attached hydrogens (tertiary/aromatic N) is 2. The summed E-state index contributed by atoms with van der Waals surface area (Å²) in [6.07, 6.45) is 0. The van der Waals surface area contributed by atoms with Crippen LogP contribution >= 0.6 is 11.3 Å². The molecule has 1 aromatic heterocycles. The van der Waals surface area contributed by atoms with E-state index in [0.29, 0.717) is 10.7 Å². The first-order valence-corrected chi connectivity index (χ1v) is 6.97. The number of rotatable bonds is 3. The Kier molecular flexibility index (Phi) is 3.19. The molecule has 2 aromatic rings. The molecule has 0 radical (unpaired) electrons. The highest BCUT2D eigenvalue weighted by molar-refractivity contribution is 7.14. The van der Waals surface area contributed by atoms with Gasteiger partial charge in [0, 0.05) is 5.69 Å². The summed E-state index contributed by atoms with van der Waals surface area (Å²) in [7, 11) is 0. The van der Waals surface area contributed by atoms with Crippen molar-refractivity contribution in [2.75, 3.05) is 16.3 Å². The number of aromatic carboxylic acids is 1. The number of anilines is 2. The van der Waals surface area contributed by atoms with Gasteiger partial charge in [-0.3, -0.25) is 9.69 Å². The summed E-state index contributed by atoms with van der Waals surface area (Å²) < 4.78 is 0. The molecule has 3 amide bonds. The van der Waals surface area contributed by atoms with Crippen molar-refractivity contribution in [3.63, 3.8) is 0 Å². The Hall–Kier alpha value is -2.67. The van der Waals surface area contributed by atoms with Crippen LogP contribution in [0.25, 0.3) is 0 Å². The zero-order chi connectivity index (χ0) is 15.0. The van der Waals surface area contributed by atoms with E-state index in [0.717, 1.165) is 4.90 Å². The molecule has 21 heavy (non-hydrogen) atoms. The van der Waals surface area contributed by atoms with Crippen LogP contribution in [0.3, 0.4) is 0 Å². The Morgan fingerprint density at radius 1 is 1.19 bits per heavy atom. The third kappa shape index (κ3) is 2.27. The highest BCUT2D eigenvalue weighted by Gasteiger charge is 2.38. The second-order valence-electron chi connectivity index (χ2n) is 4.40. The minimum atomic E-state index is -1.08. The van der Waals surface area contributed by atoms with Crippen molar-refractivity contribution in [3.8, 4) is 0 Å². The number of carboxylic acids is 1. The van der Waals surface area contributed by atoms with E-state index < -0.39 is 12.0 Å². The first kappa shape index (κ1) is 13.3. The van der Waals surface area contributed by atoms with E-state index in [4.69, 9.17) is 5.11 Å². The maximum Gasteiger partial charge on any atom is 0.337 e. The molecule has 1 fully saturated rings. The summed E-state index contributed by atoms with van der Waals surface area (Å²) in [5.74, 6) is -1.41. The lowest BCUT2D eigenvalue weighted by Crippen LogP contribution is -2.32. The second kappa shape index (κ2) is 5.02. The molecule has 0 bridgehead atoms. The van der Waals surface area contributed by atoms with Crippen LogP contribution < -0.4 is 9.80 Å². The number of hydrogen-bond acceptors (Lipinski definition) is 4. The number of amides is 3. The van der Waals surface area contributed by atoms with Gasteiger partial charge in [-0.2, -0.15) is 0 Å². The number of carbonyl (C=O) groups excluding carboxylic acids is 2. The summed E-state index contributed by atoms with van der Waals surface area (Å²) in [6.45, 7) is -0.0974. The topological polar surface area (TPSA) is 77.9 Å². The lowest BCUT2D eigenvalue weighted by molar-refractivity contribution is -0.115. The molecule has 3 rings (SSSR count). The van der Waals surface area contributed by atoms with E-state index >= 15 is 0 Å². The predicted octanol–water partition coefficient (Wildman–Crippen LogP) is 2.42. The van der Waals surface area contributed by atoms with Crippen LogP contribution in [0.5, 0.6) is 0 Å². The normalized spacial score (nSPS) is 14.9. The second-order valence-corrected chi connectivity index (χ2v) is 5.33.